The highest BCUT2D eigenvalue weighted by molar-refractivity contribution is 14.1. The Morgan fingerprint density at radius 3 is 2.94 bits per heavy atom. The quantitative estimate of drug-likeness (QED) is 0.834. The second-order valence-corrected chi connectivity index (χ2v) is 6.55. The van der Waals surface area contributed by atoms with Crippen LogP contribution in [0.4, 0.5) is 0 Å². The molecule has 3 rings (SSSR count). The molecule has 2 nitrogen and oxygen atoms in total. The topological polar surface area (TPSA) is 23.5 Å². The fourth-order valence-electron chi connectivity index (χ4n) is 3.08. The maximum Gasteiger partial charge on any atom is 0.0793 e. The standard InChI is InChI=1S/C14H18INO/c15-12-4-5-14-10(6-12)2-1-3-11(14)7-16-8-13(17)9-16/h4-6,11,13,17H,1-3,7-9H2. The van der Waals surface area contributed by atoms with E-state index in [0.717, 1.165) is 19.6 Å². The van der Waals surface area contributed by atoms with E-state index in [4.69, 9.17) is 0 Å². The predicted molar refractivity (Wildman–Crippen MR) is 77.3 cm³/mol. The summed E-state index contributed by atoms with van der Waals surface area (Å²) in [7, 11) is 0. The van der Waals surface area contributed by atoms with Crippen LogP contribution in [0, 0.1) is 3.57 Å². The molecule has 1 N–H and O–H groups in total. The Labute approximate surface area is 116 Å². The van der Waals surface area contributed by atoms with Gasteiger partial charge in [-0.05, 0) is 71.0 Å². The number of likely N-dealkylation sites (tertiary alicyclic amines) is 1. The third-order valence-electron chi connectivity index (χ3n) is 3.96. The van der Waals surface area contributed by atoms with Crippen LogP contribution in [0.2, 0.25) is 0 Å². The molecule has 0 spiro atoms. The summed E-state index contributed by atoms with van der Waals surface area (Å²) in [6.45, 7) is 2.87. The number of benzene rings is 1. The van der Waals surface area contributed by atoms with Gasteiger partial charge in [0.2, 0.25) is 0 Å². The highest BCUT2D eigenvalue weighted by Gasteiger charge is 2.29. The fraction of sp³-hybridized carbons (Fsp3) is 0.571. The van der Waals surface area contributed by atoms with Crippen LogP contribution in [-0.2, 0) is 6.42 Å². The zero-order chi connectivity index (χ0) is 11.8. The lowest BCUT2D eigenvalue weighted by atomic mass is 9.82. The number of aliphatic hydroxyl groups is 1. The minimum atomic E-state index is -0.0743. The van der Waals surface area contributed by atoms with Crippen molar-refractivity contribution in [3.63, 3.8) is 0 Å². The fourth-order valence-corrected chi connectivity index (χ4v) is 3.63. The summed E-state index contributed by atoms with van der Waals surface area (Å²) in [5.41, 5.74) is 3.10. The molecule has 1 fully saturated rings. The number of hydrogen-bond donors (Lipinski definition) is 1. The van der Waals surface area contributed by atoms with E-state index >= 15 is 0 Å². The molecule has 3 heteroatoms. The molecule has 1 heterocycles. The van der Waals surface area contributed by atoms with Crippen molar-refractivity contribution in [2.24, 2.45) is 0 Å². The Morgan fingerprint density at radius 2 is 2.18 bits per heavy atom. The van der Waals surface area contributed by atoms with Gasteiger partial charge in [0.1, 0.15) is 0 Å². The van der Waals surface area contributed by atoms with Gasteiger partial charge in [-0.2, -0.15) is 0 Å². The zero-order valence-corrected chi connectivity index (χ0v) is 12.1. The van der Waals surface area contributed by atoms with Gasteiger partial charge in [0.05, 0.1) is 6.10 Å². The molecule has 1 aromatic carbocycles. The molecule has 17 heavy (non-hydrogen) atoms. The average molecular weight is 343 g/mol. The first-order valence-corrected chi connectivity index (χ1v) is 7.49. The Bertz CT molecular complexity index is 415. The minimum Gasteiger partial charge on any atom is -0.390 e. The largest absolute Gasteiger partial charge is 0.390 e. The van der Waals surface area contributed by atoms with Crippen molar-refractivity contribution in [2.75, 3.05) is 19.6 Å². The second kappa shape index (κ2) is 4.86. The van der Waals surface area contributed by atoms with E-state index in [1.54, 1.807) is 11.1 Å². The molecule has 0 bridgehead atoms. The summed E-state index contributed by atoms with van der Waals surface area (Å²) in [4.78, 5) is 2.38. The predicted octanol–water partition coefficient (Wildman–Crippen LogP) is 2.39. The molecule has 1 aliphatic carbocycles. The molecule has 1 saturated heterocycles. The van der Waals surface area contributed by atoms with Gasteiger partial charge in [-0.15, -0.1) is 0 Å². The van der Waals surface area contributed by atoms with Crippen LogP contribution in [0.25, 0.3) is 0 Å². The van der Waals surface area contributed by atoms with E-state index in [9.17, 15) is 5.11 Å². The van der Waals surface area contributed by atoms with E-state index in [-0.39, 0.29) is 6.10 Å². The molecule has 0 saturated carbocycles. The molecule has 1 unspecified atom stereocenters. The number of rotatable bonds is 2. The lowest BCUT2D eigenvalue weighted by Gasteiger charge is -2.39. The highest BCUT2D eigenvalue weighted by Crippen LogP contribution is 2.33. The van der Waals surface area contributed by atoms with Crippen LogP contribution in [0.15, 0.2) is 18.2 Å². The summed E-state index contributed by atoms with van der Waals surface area (Å²) < 4.78 is 1.35. The number of aryl methyl sites for hydroxylation is 1. The Kier molecular flexibility index (Phi) is 3.41. The highest BCUT2D eigenvalue weighted by atomic mass is 127. The van der Waals surface area contributed by atoms with Gasteiger partial charge >= 0.3 is 0 Å². The van der Waals surface area contributed by atoms with Crippen LogP contribution in [-0.4, -0.2) is 35.7 Å². The number of nitrogens with zero attached hydrogens (tertiary/aromatic N) is 1. The van der Waals surface area contributed by atoms with Crippen LogP contribution in [0.5, 0.6) is 0 Å². The van der Waals surface area contributed by atoms with E-state index in [0.29, 0.717) is 5.92 Å². The van der Waals surface area contributed by atoms with Crippen LogP contribution in [0.3, 0.4) is 0 Å². The number of hydrogen-bond acceptors (Lipinski definition) is 2. The van der Waals surface area contributed by atoms with Crippen LogP contribution in [0.1, 0.15) is 29.9 Å². The first-order valence-electron chi connectivity index (χ1n) is 6.41. The summed E-state index contributed by atoms with van der Waals surface area (Å²) >= 11 is 2.40. The van der Waals surface area contributed by atoms with Crippen LogP contribution >= 0.6 is 22.6 Å². The van der Waals surface area contributed by atoms with Crippen molar-refractivity contribution in [3.05, 3.63) is 32.9 Å². The Balaban J connectivity index is 1.75. The average Bonchev–Trinajstić information content (AvgIpc) is 2.27. The molecule has 2 aliphatic rings. The summed E-state index contributed by atoms with van der Waals surface area (Å²) in [6.07, 6.45) is 3.79. The monoisotopic (exact) mass is 343 g/mol. The molecular weight excluding hydrogens is 325 g/mol. The Hall–Kier alpha value is -0.130. The molecule has 1 atom stereocenters. The third-order valence-corrected chi connectivity index (χ3v) is 4.63. The number of fused-ring (bicyclic) bond motifs is 1. The van der Waals surface area contributed by atoms with E-state index in [1.165, 1.54) is 22.8 Å². The smallest absolute Gasteiger partial charge is 0.0793 e. The molecule has 0 aromatic heterocycles. The van der Waals surface area contributed by atoms with Crippen LogP contribution < -0.4 is 0 Å². The molecule has 1 aromatic rings. The van der Waals surface area contributed by atoms with Gasteiger partial charge in [-0.3, -0.25) is 4.90 Å². The first-order chi connectivity index (χ1) is 8.22. The second-order valence-electron chi connectivity index (χ2n) is 5.30. The van der Waals surface area contributed by atoms with Crippen molar-refractivity contribution in [1.29, 1.82) is 0 Å². The molecular formula is C14H18INO. The number of aliphatic hydroxyl groups excluding tert-OH is 1. The minimum absolute atomic E-state index is 0.0743. The van der Waals surface area contributed by atoms with Gasteiger partial charge in [0.25, 0.3) is 0 Å². The SMILES string of the molecule is OC1CN(CC2CCCc3cc(I)ccc32)C1. The maximum atomic E-state index is 9.34. The summed E-state index contributed by atoms with van der Waals surface area (Å²) in [5.74, 6) is 0.684. The lowest BCUT2D eigenvalue weighted by molar-refractivity contribution is -0.00206. The lowest BCUT2D eigenvalue weighted by Crippen LogP contribution is -2.52. The third kappa shape index (κ3) is 2.51. The Morgan fingerprint density at radius 1 is 1.35 bits per heavy atom. The molecule has 1 aliphatic heterocycles. The first kappa shape index (κ1) is 11.9. The normalized spacial score (nSPS) is 25.4. The van der Waals surface area contributed by atoms with E-state index < -0.39 is 0 Å². The van der Waals surface area contributed by atoms with Gasteiger partial charge < -0.3 is 5.11 Å². The van der Waals surface area contributed by atoms with E-state index in [2.05, 4.69) is 45.7 Å². The summed E-state index contributed by atoms with van der Waals surface area (Å²) in [5, 5.41) is 9.34. The molecule has 0 radical (unpaired) electrons. The van der Waals surface area contributed by atoms with Gasteiger partial charge in [0, 0.05) is 23.2 Å². The van der Waals surface area contributed by atoms with Crippen molar-refractivity contribution >= 4 is 22.6 Å². The zero-order valence-electron chi connectivity index (χ0n) is 9.90. The van der Waals surface area contributed by atoms with Gasteiger partial charge in [0.15, 0.2) is 0 Å². The number of β-amino-alcohol motifs (C(OH)–C–C–N with tert-alkyl or cyclic N) is 1. The number of halogens is 1. The van der Waals surface area contributed by atoms with E-state index in [1.807, 2.05) is 0 Å². The van der Waals surface area contributed by atoms with Crippen molar-refractivity contribution in [2.45, 2.75) is 31.3 Å². The van der Waals surface area contributed by atoms with Gasteiger partial charge in [-0.25, -0.2) is 0 Å². The molecule has 0 amide bonds. The maximum absolute atomic E-state index is 9.34. The van der Waals surface area contributed by atoms with Crippen molar-refractivity contribution < 1.29 is 5.11 Å². The molecule has 92 valence electrons. The van der Waals surface area contributed by atoms with Crippen molar-refractivity contribution in [1.82, 2.24) is 4.90 Å². The van der Waals surface area contributed by atoms with Gasteiger partial charge in [-0.1, -0.05) is 6.07 Å². The summed E-state index contributed by atoms with van der Waals surface area (Å²) in [6, 6.07) is 6.88. The van der Waals surface area contributed by atoms with Crippen molar-refractivity contribution in [3.8, 4) is 0 Å².